The van der Waals surface area contributed by atoms with Crippen LogP contribution in [0.15, 0.2) is 0 Å². The molecule has 0 aromatic rings. The SMILES string of the molecule is COC(=O)CN1CCN(C(=O)CN2CCC(N)CC2)CC1. The van der Waals surface area contributed by atoms with Gasteiger partial charge in [-0.3, -0.25) is 19.4 Å². The molecule has 7 heteroatoms. The molecule has 2 N–H and O–H groups in total. The molecule has 2 aliphatic heterocycles. The Hall–Kier alpha value is -1.18. The molecule has 2 fully saturated rings. The lowest BCUT2D eigenvalue weighted by Crippen LogP contribution is -2.53. The van der Waals surface area contributed by atoms with Gasteiger partial charge in [0.2, 0.25) is 5.91 Å². The quantitative estimate of drug-likeness (QED) is 0.652. The van der Waals surface area contributed by atoms with Crippen molar-refractivity contribution >= 4 is 11.9 Å². The summed E-state index contributed by atoms with van der Waals surface area (Å²) in [7, 11) is 1.40. The van der Waals surface area contributed by atoms with Crippen molar-refractivity contribution in [1.82, 2.24) is 14.7 Å². The molecule has 7 nitrogen and oxygen atoms in total. The average molecular weight is 298 g/mol. The van der Waals surface area contributed by atoms with Gasteiger partial charge in [-0.05, 0) is 12.8 Å². The summed E-state index contributed by atoms with van der Waals surface area (Å²) in [6, 6.07) is 0.290. The zero-order chi connectivity index (χ0) is 15.2. The predicted octanol–water partition coefficient (Wildman–Crippen LogP) is -1.27. The van der Waals surface area contributed by atoms with E-state index in [2.05, 4.69) is 9.64 Å². The Balaban J connectivity index is 1.69. The van der Waals surface area contributed by atoms with Gasteiger partial charge in [-0.15, -0.1) is 0 Å². The Kier molecular flexibility index (Phi) is 5.96. The molecule has 2 rings (SSSR count). The molecule has 0 unspecified atom stereocenters. The van der Waals surface area contributed by atoms with E-state index >= 15 is 0 Å². The van der Waals surface area contributed by atoms with Crippen molar-refractivity contribution in [2.45, 2.75) is 18.9 Å². The van der Waals surface area contributed by atoms with Crippen LogP contribution < -0.4 is 5.73 Å². The van der Waals surface area contributed by atoms with Gasteiger partial charge in [0.1, 0.15) is 0 Å². The van der Waals surface area contributed by atoms with E-state index in [1.165, 1.54) is 7.11 Å². The zero-order valence-electron chi connectivity index (χ0n) is 12.8. The summed E-state index contributed by atoms with van der Waals surface area (Å²) in [5.41, 5.74) is 5.87. The van der Waals surface area contributed by atoms with Gasteiger partial charge in [0.25, 0.3) is 0 Å². The number of amides is 1. The number of piperidine rings is 1. The van der Waals surface area contributed by atoms with Crippen LogP contribution in [0.3, 0.4) is 0 Å². The van der Waals surface area contributed by atoms with Crippen LogP contribution in [0.4, 0.5) is 0 Å². The first-order chi connectivity index (χ1) is 10.1. The summed E-state index contributed by atoms with van der Waals surface area (Å²) in [5.74, 6) is -0.0392. The van der Waals surface area contributed by atoms with Crippen molar-refractivity contribution < 1.29 is 14.3 Å². The highest BCUT2D eigenvalue weighted by Gasteiger charge is 2.25. The van der Waals surface area contributed by atoms with Gasteiger partial charge in [-0.1, -0.05) is 0 Å². The monoisotopic (exact) mass is 298 g/mol. The largest absolute Gasteiger partial charge is 0.468 e. The van der Waals surface area contributed by atoms with Gasteiger partial charge in [0.15, 0.2) is 0 Å². The normalized spacial score (nSPS) is 22.3. The molecule has 0 spiro atoms. The number of nitrogens with zero attached hydrogens (tertiary/aromatic N) is 3. The smallest absolute Gasteiger partial charge is 0.319 e. The first kappa shape index (κ1) is 16.2. The van der Waals surface area contributed by atoms with Crippen molar-refractivity contribution in [3.05, 3.63) is 0 Å². The predicted molar refractivity (Wildman–Crippen MR) is 78.7 cm³/mol. The minimum atomic E-state index is -0.223. The third kappa shape index (κ3) is 4.94. The number of hydrogen-bond donors (Lipinski definition) is 1. The van der Waals surface area contributed by atoms with Crippen LogP contribution in [-0.2, 0) is 14.3 Å². The number of hydrogen-bond acceptors (Lipinski definition) is 6. The van der Waals surface area contributed by atoms with Crippen molar-refractivity contribution in [2.75, 3.05) is 59.5 Å². The number of piperazine rings is 1. The topological polar surface area (TPSA) is 79.1 Å². The molecule has 2 saturated heterocycles. The second kappa shape index (κ2) is 7.72. The Morgan fingerprint density at radius 1 is 1.00 bits per heavy atom. The number of rotatable bonds is 4. The Bertz CT molecular complexity index is 361. The van der Waals surface area contributed by atoms with Crippen molar-refractivity contribution in [2.24, 2.45) is 5.73 Å². The van der Waals surface area contributed by atoms with Crippen LogP contribution in [0.25, 0.3) is 0 Å². The highest BCUT2D eigenvalue weighted by Crippen LogP contribution is 2.09. The van der Waals surface area contributed by atoms with Crippen LogP contribution >= 0.6 is 0 Å². The molecule has 0 aromatic carbocycles. The lowest BCUT2D eigenvalue weighted by molar-refractivity contribution is -0.142. The standard InChI is InChI=1S/C14H26N4O3/c1-21-14(20)11-17-6-8-18(9-7-17)13(19)10-16-4-2-12(15)3-5-16/h12H,2-11,15H2,1H3. The second-order valence-corrected chi connectivity index (χ2v) is 5.85. The number of esters is 1. The number of carbonyl (C=O) groups is 2. The average Bonchev–Trinajstić information content (AvgIpc) is 2.50. The van der Waals surface area contributed by atoms with Crippen LogP contribution in [0.2, 0.25) is 0 Å². The summed E-state index contributed by atoms with van der Waals surface area (Å²) < 4.78 is 4.66. The fourth-order valence-electron chi connectivity index (χ4n) is 2.80. The zero-order valence-corrected chi connectivity index (χ0v) is 12.8. The molecule has 2 heterocycles. The maximum Gasteiger partial charge on any atom is 0.319 e. The molecule has 0 atom stereocenters. The van der Waals surface area contributed by atoms with Crippen LogP contribution in [0.1, 0.15) is 12.8 Å². The lowest BCUT2D eigenvalue weighted by Gasteiger charge is -2.36. The highest BCUT2D eigenvalue weighted by atomic mass is 16.5. The van der Waals surface area contributed by atoms with E-state index < -0.39 is 0 Å². The number of likely N-dealkylation sites (tertiary alicyclic amines) is 1. The Morgan fingerprint density at radius 2 is 1.57 bits per heavy atom. The van der Waals surface area contributed by atoms with Crippen LogP contribution in [0.5, 0.6) is 0 Å². The minimum Gasteiger partial charge on any atom is -0.468 e. The Morgan fingerprint density at radius 3 is 2.14 bits per heavy atom. The molecule has 2 aliphatic rings. The van der Waals surface area contributed by atoms with E-state index in [1.807, 2.05) is 9.80 Å². The summed E-state index contributed by atoms with van der Waals surface area (Å²) in [5, 5.41) is 0. The molecule has 120 valence electrons. The van der Waals surface area contributed by atoms with E-state index in [9.17, 15) is 9.59 Å². The third-order valence-corrected chi connectivity index (χ3v) is 4.30. The molecule has 21 heavy (non-hydrogen) atoms. The molecule has 0 saturated carbocycles. The third-order valence-electron chi connectivity index (χ3n) is 4.30. The summed E-state index contributed by atoms with van der Waals surface area (Å²) >= 11 is 0. The first-order valence-corrected chi connectivity index (χ1v) is 7.63. The van der Waals surface area contributed by atoms with Gasteiger partial charge in [0.05, 0.1) is 20.2 Å². The number of ether oxygens (including phenoxy) is 1. The molecule has 0 aromatic heterocycles. The minimum absolute atomic E-state index is 0.184. The molecule has 0 radical (unpaired) electrons. The van der Waals surface area contributed by atoms with E-state index in [0.717, 1.165) is 39.0 Å². The molecule has 0 aliphatic carbocycles. The van der Waals surface area contributed by atoms with Crippen LogP contribution in [-0.4, -0.2) is 92.1 Å². The first-order valence-electron chi connectivity index (χ1n) is 7.63. The van der Waals surface area contributed by atoms with Crippen molar-refractivity contribution in [3.63, 3.8) is 0 Å². The summed E-state index contributed by atoms with van der Waals surface area (Å²) in [6.45, 7) is 5.44. The van der Waals surface area contributed by atoms with Crippen molar-refractivity contribution in [3.8, 4) is 0 Å². The van der Waals surface area contributed by atoms with Gasteiger partial charge in [-0.25, -0.2) is 0 Å². The van der Waals surface area contributed by atoms with E-state index in [1.54, 1.807) is 0 Å². The fraction of sp³-hybridized carbons (Fsp3) is 0.857. The van der Waals surface area contributed by atoms with Gasteiger partial charge in [-0.2, -0.15) is 0 Å². The lowest BCUT2D eigenvalue weighted by atomic mass is 10.1. The van der Waals surface area contributed by atoms with E-state index in [-0.39, 0.29) is 11.9 Å². The molecular weight excluding hydrogens is 272 g/mol. The fourth-order valence-corrected chi connectivity index (χ4v) is 2.80. The summed E-state index contributed by atoms with van der Waals surface area (Å²) in [4.78, 5) is 29.6. The molecule has 0 bridgehead atoms. The highest BCUT2D eigenvalue weighted by molar-refractivity contribution is 5.78. The van der Waals surface area contributed by atoms with E-state index in [4.69, 9.17) is 5.73 Å². The second-order valence-electron chi connectivity index (χ2n) is 5.85. The Labute approximate surface area is 126 Å². The van der Waals surface area contributed by atoms with E-state index in [0.29, 0.717) is 32.2 Å². The number of methoxy groups -OCH3 is 1. The van der Waals surface area contributed by atoms with Crippen LogP contribution in [0, 0.1) is 0 Å². The maximum absolute atomic E-state index is 12.3. The molecular formula is C14H26N4O3. The van der Waals surface area contributed by atoms with Crippen molar-refractivity contribution in [1.29, 1.82) is 0 Å². The maximum atomic E-state index is 12.3. The summed E-state index contributed by atoms with van der Waals surface area (Å²) in [6.07, 6.45) is 1.94. The molecule has 1 amide bonds. The van der Waals surface area contributed by atoms with Gasteiger partial charge >= 0.3 is 5.97 Å². The number of nitrogens with two attached hydrogens (primary N) is 1. The van der Waals surface area contributed by atoms with Gasteiger partial charge in [0, 0.05) is 45.3 Å². The number of carbonyl (C=O) groups excluding carboxylic acids is 2. The van der Waals surface area contributed by atoms with Gasteiger partial charge < -0.3 is 15.4 Å².